The minimum Gasteiger partial charge on any atom is -0.494 e. The van der Waals surface area contributed by atoms with E-state index in [2.05, 4.69) is 55.8 Å². The van der Waals surface area contributed by atoms with Crippen molar-refractivity contribution in [2.24, 2.45) is 0 Å². The van der Waals surface area contributed by atoms with Crippen LogP contribution in [0.15, 0.2) is 35.3 Å². The summed E-state index contributed by atoms with van der Waals surface area (Å²) >= 11 is 3.38. The number of methoxy groups -OCH3 is 1. The number of rotatable bonds is 4. The van der Waals surface area contributed by atoms with E-state index in [4.69, 9.17) is 4.74 Å². The van der Waals surface area contributed by atoms with Gasteiger partial charge in [-0.15, -0.1) is 0 Å². The normalized spacial score (nSPS) is 16.0. The fourth-order valence-corrected chi connectivity index (χ4v) is 3.14. The number of ether oxygens (including phenoxy) is 1. The van der Waals surface area contributed by atoms with Gasteiger partial charge in [-0.3, -0.25) is 0 Å². The van der Waals surface area contributed by atoms with Crippen LogP contribution in [-0.4, -0.2) is 54.3 Å². The first-order chi connectivity index (χ1) is 10.7. The molecule has 1 aromatic carbocycles. The maximum Gasteiger partial charge on any atom is 0.144 e. The number of benzene rings is 1. The van der Waals surface area contributed by atoms with Gasteiger partial charge in [0, 0.05) is 44.1 Å². The minimum absolute atomic E-state index is 0.814. The van der Waals surface area contributed by atoms with Gasteiger partial charge in [0.15, 0.2) is 0 Å². The molecule has 0 radical (unpaired) electrons. The molecule has 118 valence electrons. The van der Waals surface area contributed by atoms with E-state index < -0.39 is 0 Å². The number of imidazole rings is 1. The summed E-state index contributed by atoms with van der Waals surface area (Å²) < 4.78 is 8.36. The molecule has 2 aromatic rings. The molecule has 6 heteroatoms. The van der Waals surface area contributed by atoms with Crippen LogP contribution >= 0.6 is 15.9 Å². The quantitative estimate of drug-likeness (QED) is 0.835. The highest BCUT2D eigenvalue weighted by Gasteiger charge is 2.17. The summed E-state index contributed by atoms with van der Waals surface area (Å²) in [5.41, 5.74) is 2.21. The first-order valence-corrected chi connectivity index (χ1v) is 8.35. The highest BCUT2D eigenvalue weighted by atomic mass is 79.9. The molecular formula is C16H21BrN4O. The Morgan fingerprint density at radius 1 is 1.23 bits per heavy atom. The first kappa shape index (κ1) is 15.4. The van der Waals surface area contributed by atoms with E-state index in [0.29, 0.717) is 0 Å². The number of hydrogen-bond donors (Lipinski definition) is 0. The Hall–Kier alpha value is -1.53. The molecule has 0 unspecified atom stereocenters. The molecule has 0 spiro atoms. The van der Waals surface area contributed by atoms with E-state index in [9.17, 15) is 0 Å². The molecule has 0 bridgehead atoms. The maximum atomic E-state index is 5.58. The molecule has 2 heterocycles. The van der Waals surface area contributed by atoms with Gasteiger partial charge in [0.1, 0.15) is 16.7 Å². The highest BCUT2D eigenvalue weighted by Crippen LogP contribution is 2.29. The Labute approximate surface area is 139 Å². The van der Waals surface area contributed by atoms with Crippen molar-refractivity contribution in [3.05, 3.63) is 35.3 Å². The summed E-state index contributed by atoms with van der Waals surface area (Å²) in [6.45, 7) is 7.71. The van der Waals surface area contributed by atoms with Gasteiger partial charge in [-0.2, -0.15) is 0 Å². The molecule has 1 aromatic heterocycles. The molecule has 0 N–H and O–H groups in total. The molecule has 1 aliphatic heterocycles. The van der Waals surface area contributed by atoms with Gasteiger partial charge in [0.05, 0.1) is 12.8 Å². The molecule has 5 nitrogen and oxygen atoms in total. The smallest absolute Gasteiger partial charge is 0.144 e. The van der Waals surface area contributed by atoms with Crippen molar-refractivity contribution in [1.29, 1.82) is 0 Å². The van der Waals surface area contributed by atoms with E-state index in [1.54, 1.807) is 13.4 Å². The number of anilines is 1. The molecule has 0 amide bonds. The van der Waals surface area contributed by atoms with Crippen LogP contribution in [0.2, 0.25) is 0 Å². The van der Waals surface area contributed by atoms with Crippen LogP contribution in [0.3, 0.4) is 0 Å². The third-order valence-corrected chi connectivity index (χ3v) is 4.59. The van der Waals surface area contributed by atoms with Crippen LogP contribution in [0.5, 0.6) is 5.75 Å². The Balaban J connectivity index is 1.83. The molecular weight excluding hydrogens is 344 g/mol. The zero-order chi connectivity index (χ0) is 15.5. The maximum absolute atomic E-state index is 5.58. The lowest BCUT2D eigenvalue weighted by Crippen LogP contribution is -2.46. The second kappa shape index (κ2) is 6.71. The molecule has 3 rings (SSSR count). The van der Waals surface area contributed by atoms with Crippen molar-refractivity contribution in [2.75, 3.05) is 44.7 Å². The van der Waals surface area contributed by atoms with Crippen molar-refractivity contribution in [3.63, 3.8) is 0 Å². The summed E-state index contributed by atoms with van der Waals surface area (Å²) in [4.78, 5) is 9.10. The fraction of sp³-hybridized carbons (Fsp3) is 0.438. The lowest BCUT2D eigenvalue weighted by Gasteiger charge is -2.35. The van der Waals surface area contributed by atoms with Crippen molar-refractivity contribution >= 4 is 21.6 Å². The number of halogens is 1. The number of nitrogens with zero attached hydrogens (tertiary/aromatic N) is 4. The zero-order valence-corrected chi connectivity index (χ0v) is 14.6. The average Bonchev–Trinajstić information content (AvgIpc) is 3.00. The molecule has 1 fully saturated rings. The summed E-state index contributed by atoms with van der Waals surface area (Å²) in [6, 6.07) is 6.37. The van der Waals surface area contributed by atoms with Gasteiger partial charge in [0.25, 0.3) is 0 Å². The predicted octanol–water partition coefficient (Wildman–Crippen LogP) is 2.79. The van der Waals surface area contributed by atoms with Gasteiger partial charge in [-0.1, -0.05) is 6.92 Å². The Morgan fingerprint density at radius 3 is 2.59 bits per heavy atom. The first-order valence-electron chi connectivity index (χ1n) is 7.56. The molecule has 1 saturated heterocycles. The van der Waals surface area contributed by atoms with Crippen molar-refractivity contribution in [2.45, 2.75) is 6.92 Å². The number of aromatic nitrogens is 2. The van der Waals surface area contributed by atoms with Crippen molar-refractivity contribution in [1.82, 2.24) is 14.5 Å². The van der Waals surface area contributed by atoms with Crippen LogP contribution < -0.4 is 9.64 Å². The van der Waals surface area contributed by atoms with Gasteiger partial charge in [-0.05, 0) is 34.6 Å². The largest absolute Gasteiger partial charge is 0.494 e. The molecule has 1 aliphatic rings. The second-order valence-electron chi connectivity index (χ2n) is 5.38. The molecule has 0 aliphatic carbocycles. The number of likely N-dealkylation sites (N-methyl/N-ethyl adjacent to an activating group) is 1. The van der Waals surface area contributed by atoms with Crippen LogP contribution in [0.25, 0.3) is 5.69 Å². The third-order valence-electron chi connectivity index (χ3n) is 4.18. The van der Waals surface area contributed by atoms with Crippen LogP contribution in [0, 0.1) is 0 Å². The van der Waals surface area contributed by atoms with E-state index in [0.717, 1.165) is 48.8 Å². The lowest BCUT2D eigenvalue weighted by molar-refractivity contribution is 0.271. The number of hydrogen-bond acceptors (Lipinski definition) is 4. The van der Waals surface area contributed by atoms with Crippen LogP contribution in [0.4, 0.5) is 5.69 Å². The fourth-order valence-electron chi connectivity index (χ4n) is 2.83. The minimum atomic E-state index is 0.814. The summed E-state index contributed by atoms with van der Waals surface area (Å²) in [5.74, 6) is 0.861. The van der Waals surface area contributed by atoms with Gasteiger partial charge >= 0.3 is 0 Å². The standard InChI is InChI=1S/C16H21BrN4O/c1-3-19-6-8-20(9-7-19)13-4-5-14(15(10-13)22-2)21-11-16(17)18-12-21/h4-5,10-12H,3,6-9H2,1-2H3. The van der Waals surface area contributed by atoms with Gasteiger partial charge in [-0.25, -0.2) is 4.98 Å². The Morgan fingerprint density at radius 2 is 2.00 bits per heavy atom. The van der Waals surface area contributed by atoms with Crippen molar-refractivity contribution < 1.29 is 4.74 Å². The van der Waals surface area contributed by atoms with Gasteiger partial charge in [0.2, 0.25) is 0 Å². The third kappa shape index (κ3) is 3.13. The van der Waals surface area contributed by atoms with Crippen LogP contribution in [0.1, 0.15) is 6.92 Å². The monoisotopic (exact) mass is 364 g/mol. The van der Waals surface area contributed by atoms with Gasteiger partial charge < -0.3 is 19.1 Å². The Bertz CT molecular complexity index is 635. The molecule has 22 heavy (non-hydrogen) atoms. The number of piperazine rings is 1. The average molecular weight is 365 g/mol. The second-order valence-corrected chi connectivity index (χ2v) is 6.19. The molecule has 0 atom stereocenters. The summed E-state index contributed by atoms with van der Waals surface area (Å²) in [7, 11) is 1.71. The topological polar surface area (TPSA) is 33.5 Å². The van der Waals surface area contributed by atoms with E-state index in [-0.39, 0.29) is 0 Å². The predicted molar refractivity (Wildman–Crippen MR) is 92.1 cm³/mol. The van der Waals surface area contributed by atoms with Crippen LogP contribution in [-0.2, 0) is 0 Å². The highest BCUT2D eigenvalue weighted by molar-refractivity contribution is 9.10. The van der Waals surface area contributed by atoms with E-state index >= 15 is 0 Å². The molecule has 0 saturated carbocycles. The SMILES string of the molecule is CCN1CCN(c2ccc(-n3cnc(Br)c3)c(OC)c2)CC1. The summed E-state index contributed by atoms with van der Waals surface area (Å²) in [5, 5.41) is 0. The van der Waals surface area contributed by atoms with E-state index in [1.807, 2.05) is 10.8 Å². The van der Waals surface area contributed by atoms with Crippen molar-refractivity contribution in [3.8, 4) is 11.4 Å². The zero-order valence-electron chi connectivity index (χ0n) is 13.0. The lowest BCUT2D eigenvalue weighted by atomic mass is 10.2. The summed E-state index contributed by atoms with van der Waals surface area (Å²) in [6.07, 6.45) is 3.71. The Kier molecular flexibility index (Phi) is 4.69. The van der Waals surface area contributed by atoms with E-state index in [1.165, 1.54) is 5.69 Å².